The van der Waals surface area contributed by atoms with Gasteiger partial charge in [0.15, 0.2) is 0 Å². The highest BCUT2D eigenvalue weighted by Crippen LogP contribution is 2.46. The Kier molecular flexibility index (Phi) is 5.44. The summed E-state index contributed by atoms with van der Waals surface area (Å²) in [5.74, 6) is 0.292. The average Bonchev–Trinajstić information content (AvgIpc) is 3.36. The summed E-state index contributed by atoms with van der Waals surface area (Å²) in [6.07, 6.45) is 2.13. The summed E-state index contributed by atoms with van der Waals surface area (Å²) in [5.41, 5.74) is 1.90. The van der Waals surface area contributed by atoms with E-state index in [-0.39, 0.29) is 11.9 Å². The zero-order valence-corrected chi connectivity index (χ0v) is 16.3. The first-order valence-corrected chi connectivity index (χ1v) is 9.65. The van der Waals surface area contributed by atoms with Gasteiger partial charge < -0.3 is 14.8 Å². The Labute approximate surface area is 158 Å². The molecule has 1 N–H and O–H groups in total. The summed E-state index contributed by atoms with van der Waals surface area (Å²) in [6, 6.07) is 5.17. The van der Waals surface area contributed by atoms with Crippen molar-refractivity contribution < 1.29 is 19.1 Å². The number of carbonyl (C=O) groups excluding carboxylic acids is 2. The number of halogens is 1. The Morgan fingerprint density at radius 3 is 2.76 bits per heavy atom. The van der Waals surface area contributed by atoms with Crippen LogP contribution in [-0.2, 0) is 4.74 Å². The number of ether oxygens (including phenoxy) is 2. The van der Waals surface area contributed by atoms with Gasteiger partial charge in [-0.3, -0.25) is 4.79 Å². The van der Waals surface area contributed by atoms with Crippen LogP contribution in [0.25, 0.3) is 0 Å². The molecule has 0 spiro atoms. The summed E-state index contributed by atoms with van der Waals surface area (Å²) >= 11 is 4.74. The van der Waals surface area contributed by atoms with E-state index in [0.717, 1.165) is 18.4 Å². The number of hydrogen-bond acceptors (Lipinski definition) is 5. The maximum absolute atomic E-state index is 12.7. The van der Waals surface area contributed by atoms with Crippen molar-refractivity contribution in [2.24, 2.45) is 0 Å². The zero-order valence-electron chi connectivity index (χ0n) is 13.9. The summed E-state index contributed by atoms with van der Waals surface area (Å²) in [6.45, 7) is 2.07. The number of nitrogens with one attached hydrogen (secondary N) is 1. The molecule has 1 aliphatic rings. The van der Waals surface area contributed by atoms with Gasteiger partial charge in [-0.1, -0.05) is 0 Å². The van der Waals surface area contributed by atoms with Crippen LogP contribution >= 0.6 is 27.3 Å². The quantitative estimate of drug-likeness (QED) is 0.675. The first-order chi connectivity index (χ1) is 12.0. The molecule has 5 nitrogen and oxygen atoms in total. The fourth-order valence-corrected chi connectivity index (χ4v) is 4.00. The van der Waals surface area contributed by atoms with Crippen LogP contribution < -0.4 is 10.1 Å². The van der Waals surface area contributed by atoms with E-state index in [1.54, 1.807) is 32.2 Å². The Hall–Kier alpha value is -1.86. The van der Waals surface area contributed by atoms with Crippen LogP contribution in [-0.4, -0.2) is 25.6 Å². The number of hydrogen-bond donors (Lipinski definition) is 1. The standard InChI is InChI=1S/C18H18BrNO4S/c1-3-24-18(22)15-13(10-4-5-10)9-25-17(15)20-16(21)12-8-11(23-2)6-7-14(12)19/h6-10H,3-5H2,1-2H3,(H,20,21). The smallest absolute Gasteiger partial charge is 0.341 e. The normalized spacial score (nSPS) is 13.4. The lowest BCUT2D eigenvalue weighted by atomic mass is 10.1. The molecule has 132 valence electrons. The molecule has 0 saturated heterocycles. The molecule has 0 unspecified atom stereocenters. The van der Waals surface area contributed by atoms with Crippen molar-refractivity contribution in [1.29, 1.82) is 0 Å². The predicted octanol–water partition coefficient (Wildman–Crippen LogP) is 4.83. The molecule has 1 heterocycles. The van der Waals surface area contributed by atoms with Crippen LogP contribution in [0.15, 0.2) is 28.1 Å². The first kappa shape index (κ1) is 17.9. The van der Waals surface area contributed by atoms with E-state index in [4.69, 9.17) is 9.47 Å². The van der Waals surface area contributed by atoms with Gasteiger partial charge in [-0.15, -0.1) is 11.3 Å². The van der Waals surface area contributed by atoms with Gasteiger partial charge in [0.05, 0.1) is 24.8 Å². The molecule has 0 radical (unpaired) electrons. The van der Waals surface area contributed by atoms with Crippen LogP contribution in [0, 0.1) is 0 Å². The van der Waals surface area contributed by atoms with Crippen LogP contribution in [0.2, 0.25) is 0 Å². The third-order valence-electron chi connectivity index (χ3n) is 3.96. The number of benzene rings is 1. The van der Waals surface area contributed by atoms with Gasteiger partial charge in [-0.2, -0.15) is 0 Å². The van der Waals surface area contributed by atoms with Crippen molar-refractivity contribution in [3.05, 3.63) is 44.7 Å². The summed E-state index contributed by atoms with van der Waals surface area (Å²) in [5, 5.41) is 5.33. The number of amides is 1. The van der Waals surface area contributed by atoms with Crippen LogP contribution in [0.3, 0.4) is 0 Å². The number of methoxy groups -OCH3 is 1. The number of rotatable bonds is 6. The highest BCUT2D eigenvalue weighted by molar-refractivity contribution is 9.10. The SMILES string of the molecule is CCOC(=O)c1c(C2CC2)csc1NC(=O)c1cc(OC)ccc1Br. The van der Waals surface area contributed by atoms with E-state index in [9.17, 15) is 9.59 Å². The molecule has 1 aromatic heterocycles. The van der Waals surface area contributed by atoms with Crippen molar-refractivity contribution in [3.63, 3.8) is 0 Å². The van der Waals surface area contributed by atoms with Gasteiger partial charge in [-0.25, -0.2) is 4.79 Å². The second kappa shape index (κ2) is 7.58. The van der Waals surface area contributed by atoms with Gasteiger partial charge in [-0.05, 0) is 70.8 Å². The maximum atomic E-state index is 12.7. The van der Waals surface area contributed by atoms with Crippen LogP contribution in [0.1, 0.15) is 52.0 Å². The number of anilines is 1. The molecule has 0 aliphatic heterocycles. The molecule has 7 heteroatoms. The predicted molar refractivity (Wildman–Crippen MR) is 101 cm³/mol. The van der Waals surface area contributed by atoms with Crippen molar-refractivity contribution in [3.8, 4) is 5.75 Å². The van der Waals surface area contributed by atoms with E-state index in [1.807, 2.05) is 5.38 Å². The molecule has 25 heavy (non-hydrogen) atoms. The first-order valence-electron chi connectivity index (χ1n) is 7.98. The monoisotopic (exact) mass is 423 g/mol. The van der Waals surface area contributed by atoms with Crippen molar-refractivity contribution in [1.82, 2.24) is 0 Å². The largest absolute Gasteiger partial charge is 0.497 e. The molecule has 1 amide bonds. The Balaban J connectivity index is 1.90. The third-order valence-corrected chi connectivity index (χ3v) is 5.57. The molecule has 2 aromatic rings. The van der Waals surface area contributed by atoms with Gasteiger partial charge >= 0.3 is 5.97 Å². The second-order valence-corrected chi connectivity index (χ2v) is 7.42. The van der Waals surface area contributed by atoms with Crippen molar-refractivity contribution in [2.45, 2.75) is 25.7 Å². The zero-order chi connectivity index (χ0) is 18.0. The lowest BCUT2D eigenvalue weighted by molar-refractivity contribution is 0.0527. The Morgan fingerprint density at radius 2 is 2.12 bits per heavy atom. The van der Waals surface area contributed by atoms with Gasteiger partial charge in [0, 0.05) is 4.47 Å². The highest BCUT2D eigenvalue weighted by Gasteiger charge is 2.32. The minimum Gasteiger partial charge on any atom is -0.497 e. The molecule has 1 aliphatic carbocycles. The van der Waals surface area contributed by atoms with E-state index in [2.05, 4.69) is 21.2 Å². The van der Waals surface area contributed by atoms with Gasteiger partial charge in [0.2, 0.25) is 0 Å². The lowest BCUT2D eigenvalue weighted by Gasteiger charge is -2.10. The third kappa shape index (κ3) is 3.88. The molecule has 1 fully saturated rings. The van der Waals surface area contributed by atoms with E-state index >= 15 is 0 Å². The Bertz CT molecular complexity index is 813. The van der Waals surface area contributed by atoms with Crippen molar-refractivity contribution in [2.75, 3.05) is 19.0 Å². The molecule has 1 aromatic carbocycles. The number of thiophene rings is 1. The molecule has 1 saturated carbocycles. The highest BCUT2D eigenvalue weighted by atomic mass is 79.9. The van der Waals surface area contributed by atoms with E-state index in [1.165, 1.54) is 11.3 Å². The molecule has 0 bridgehead atoms. The van der Waals surface area contributed by atoms with Crippen molar-refractivity contribution >= 4 is 44.1 Å². The minimum atomic E-state index is -0.384. The summed E-state index contributed by atoms with van der Waals surface area (Å²) in [4.78, 5) is 25.1. The summed E-state index contributed by atoms with van der Waals surface area (Å²) in [7, 11) is 1.55. The van der Waals surface area contributed by atoms with Crippen LogP contribution in [0.4, 0.5) is 5.00 Å². The number of esters is 1. The van der Waals surface area contributed by atoms with E-state index < -0.39 is 0 Å². The minimum absolute atomic E-state index is 0.299. The Morgan fingerprint density at radius 1 is 1.36 bits per heavy atom. The van der Waals surface area contributed by atoms with Gasteiger partial charge in [0.1, 0.15) is 10.8 Å². The van der Waals surface area contributed by atoms with Gasteiger partial charge in [0.25, 0.3) is 5.91 Å². The second-order valence-electron chi connectivity index (χ2n) is 5.69. The molecule has 0 atom stereocenters. The lowest BCUT2D eigenvalue weighted by Crippen LogP contribution is -2.15. The topological polar surface area (TPSA) is 64.6 Å². The number of carbonyl (C=O) groups is 2. The summed E-state index contributed by atoms with van der Waals surface area (Å²) < 4.78 is 11.0. The molecular weight excluding hydrogens is 406 g/mol. The fourth-order valence-electron chi connectivity index (χ4n) is 2.55. The fraction of sp³-hybridized carbons (Fsp3) is 0.333. The average molecular weight is 424 g/mol. The van der Waals surface area contributed by atoms with Crippen LogP contribution in [0.5, 0.6) is 5.75 Å². The molecular formula is C18H18BrNO4S. The maximum Gasteiger partial charge on any atom is 0.341 e. The molecule has 3 rings (SSSR count). The van der Waals surface area contributed by atoms with E-state index in [0.29, 0.717) is 38.9 Å².